The topological polar surface area (TPSA) is 37.8 Å². The molecule has 0 saturated heterocycles. The molecule has 3 nitrogen and oxygen atoms in total. The van der Waals surface area contributed by atoms with E-state index in [1.54, 1.807) is 4.68 Å². The van der Waals surface area contributed by atoms with E-state index in [0.717, 1.165) is 30.5 Å². The molecule has 16 heavy (non-hydrogen) atoms. The maximum atomic E-state index is 12.1. The minimum Gasteiger partial charge on any atom is -0.299 e. The van der Waals surface area contributed by atoms with Gasteiger partial charge in [0.15, 0.2) is 0 Å². The third kappa shape index (κ3) is 2.77. The third-order valence-corrected chi connectivity index (χ3v) is 2.73. The molecule has 0 spiro atoms. The molecule has 0 saturated carbocycles. The maximum Gasteiger partial charge on any atom is 0.270 e. The molecule has 1 aromatic rings. The molecule has 3 heteroatoms. The molecular weight excluding hydrogens is 200 g/mol. The average molecular weight is 224 g/mol. The Kier molecular flexibility index (Phi) is 4.39. The van der Waals surface area contributed by atoms with E-state index < -0.39 is 0 Å². The zero-order valence-corrected chi connectivity index (χ0v) is 11.1. The number of nitrogens with one attached hydrogen (secondary N) is 1. The lowest BCUT2D eigenvalue weighted by Gasteiger charge is -2.06. The van der Waals surface area contributed by atoms with Crippen molar-refractivity contribution in [1.29, 1.82) is 0 Å². The molecule has 1 rings (SSSR count). The summed E-state index contributed by atoms with van der Waals surface area (Å²) in [5.41, 5.74) is 2.30. The van der Waals surface area contributed by atoms with Crippen molar-refractivity contribution in [3.05, 3.63) is 21.6 Å². The van der Waals surface area contributed by atoms with Crippen molar-refractivity contribution in [2.24, 2.45) is 5.92 Å². The summed E-state index contributed by atoms with van der Waals surface area (Å²) in [4.78, 5) is 12.1. The number of hydrogen-bond acceptors (Lipinski definition) is 1. The van der Waals surface area contributed by atoms with Gasteiger partial charge in [-0.2, -0.15) is 0 Å². The fourth-order valence-electron chi connectivity index (χ4n) is 1.99. The molecule has 0 aliphatic heterocycles. The molecule has 0 aromatic carbocycles. The Morgan fingerprint density at radius 1 is 1.25 bits per heavy atom. The Labute approximate surface area is 97.8 Å². The van der Waals surface area contributed by atoms with Crippen LogP contribution in [0.3, 0.4) is 0 Å². The van der Waals surface area contributed by atoms with Gasteiger partial charge < -0.3 is 0 Å². The molecule has 0 radical (unpaired) electrons. The Bertz CT molecular complexity index is 385. The van der Waals surface area contributed by atoms with Gasteiger partial charge in [0, 0.05) is 17.3 Å². The van der Waals surface area contributed by atoms with Crippen LogP contribution in [0.5, 0.6) is 0 Å². The second-order valence-electron chi connectivity index (χ2n) is 5.19. The van der Waals surface area contributed by atoms with Crippen LogP contribution in [-0.4, -0.2) is 9.78 Å². The van der Waals surface area contributed by atoms with Gasteiger partial charge in [-0.05, 0) is 32.6 Å². The van der Waals surface area contributed by atoms with Crippen LogP contribution in [0.25, 0.3) is 0 Å². The summed E-state index contributed by atoms with van der Waals surface area (Å²) in [7, 11) is 0. The standard InChI is InChI=1S/C13H24N2O/c1-6-7-11-12(8-9(2)3)14-15(10(4)5)13(11)16/h9-10,14H,6-8H2,1-5H3. The molecule has 0 amide bonds. The van der Waals surface area contributed by atoms with Crippen LogP contribution in [0.1, 0.15) is 58.3 Å². The summed E-state index contributed by atoms with van der Waals surface area (Å²) in [6.07, 6.45) is 2.87. The molecule has 1 N–H and O–H groups in total. The first kappa shape index (κ1) is 13.1. The van der Waals surface area contributed by atoms with E-state index in [9.17, 15) is 4.79 Å². The van der Waals surface area contributed by atoms with Crippen LogP contribution in [0.4, 0.5) is 0 Å². The average Bonchev–Trinajstić information content (AvgIpc) is 2.46. The molecule has 0 fully saturated rings. The van der Waals surface area contributed by atoms with Gasteiger partial charge in [0.25, 0.3) is 5.56 Å². The van der Waals surface area contributed by atoms with Gasteiger partial charge in [0.05, 0.1) is 0 Å². The van der Waals surface area contributed by atoms with E-state index in [1.807, 2.05) is 13.8 Å². The minimum absolute atomic E-state index is 0.174. The Hall–Kier alpha value is -0.990. The number of aromatic nitrogens is 2. The van der Waals surface area contributed by atoms with Gasteiger partial charge in [-0.25, -0.2) is 0 Å². The van der Waals surface area contributed by atoms with E-state index >= 15 is 0 Å². The van der Waals surface area contributed by atoms with Gasteiger partial charge in [0.1, 0.15) is 0 Å². The van der Waals surface area contributed by atoms with Gasteiger partial charge in [0.2, 0.25) is 0 Å². The quantitative estimate of drug-likeness (QED) is 0.820. The van der Waals surface area contributed by atoms with Crippen LogP contribution < -0.4 is 5.56 Å². The Balaban J connectivity index is 3.14. The molecule has 0 unspecified atom stereocenters. The monoisotopic (exact) mass is 224 g/mol. The van der Waals surface area contributed by atoms with E-state index in [4.69, 9.17) is 0 Å². The zero-order valence-electron chi connectivity index (χ0n) is 11.1. The first-order valence-electron chi connectivity index (χ1n) is 6.29. The zero-order chi connectivity index (χ0) is 12.3. The Morgan fingerprint density at radius 2 is 1.88 bits per heavy atom. The molecule has 0 atom stereocenters. The molecule has 0 aliphatic carbocycles. The van der Waals surface area contributed by atoms with Crippen molar-refractivity contribution in [3.8, 4) is 0 Å². The van der Waals surface area contributed by atoms with Crippen LogP contribution in [0, 0.1) is 5.92 Å². The SMILES string of the molecule is CCCc1c(CC(C)C)[nH]n(C(C)C)c1=O. The second-order valence-corrected chi connectivity index (χ2v) is 5.19. The molecule has 1 heterocycles. The van der Waals surface area contributed by atoms with Gasteiger partial charge in [-0.1, -0.05) is 27.2 Å². The molecule has 0 bridgehead atoms. The van der Waals surface area contributed by atoms with Crippen LogP contribution >= 0.6 is 0 Å². The maximum absolute atomic E-state index is 12.1. The van der Waals surface area contributed by atoms with Gasteiger partial charge in [-0.3, -0.25) is 14.6 Å². The highest BCUT2D eigenvalue weighted by atomic mass is 16.1. The largest absolute Gasteiger partial charge is 0.299 e. The van der Waals surface area contributed by atoms with Crippen molar-refractivity contribution in [1.82, 2.24) is 9.78 Å². The predicted molar refractivity (Wildman–Crippen MR) is 68.0 cm³/mol. The van der Waals surface area contributed by atoms with Crippen molar-refractivity contribution in [2.75, 3.05) is 0 Å². The van der Waals surface area contributed by atoms with Crippen LogP contribution in [0.15, 0.2) is 4.79 Å². The minimum atomic E-state index is 0.174. The van der Waals surface area contributed by atoms with Crippen molar-refractivity contribution >= 4 is 0 Å². The highest BCUT2D eigenvalue weighted by Crippen LogP contribution is 2.12. The van der Waals surface area contributed by atoms with Gasteiger partial charge in [-0.15, -0.1) is 0 Å². The van der Waals surface area contributed by atoms with Crippen molar-refractivity contribution in [3.63, 3.8) is 0 Å². The fraction of sp³-hybridized carbons (Fsp3) is 0.769. The Morgan fingerprint density at radius 3 is 2.31 bits per heavy atom. The van der Waals surface area contributed by atoms with E-state index in [2.05, 4.69) is 25.9 Å². The van der Waals surface area contributed by atoms with Crippen molar-refractivity contribution in [2.45, 2.75) is 59.9 Å². The number of hydrogen-bond donors (Lipinski definition) is 1. The summed E-state index contributed by atoms with van der Waals surface area (Å²) in [6, 6.07) is 0.212. The molecule has 1 aromatic heterocycles. The van der Waals surface area contributed by atoms with Gasteiger partial charge >= 0.3 is 0 Å². The lowest BCUT2D eigenvalue weighted by Crippen LogP contribution is -2.20. The predicted octanol–water partition coefficient (Wildman–Crippen LogP) is 2.91. The van der Waals surface area contributed by atoms with Crippen LogP contribution in [-0.2, 0) is 12.8 Å². The summed E-state index contributed by atoms with van der Waals surface area (Å²) < 4.78 is 1.75. The number of aromatic amines is 1. The first-order chi connectivity index (χ1) is 7.47. The molecule has 0 aliphatic rings. The molecule has 92 valence electrons. The highest BCUT2D eigenvalue weighted by Gasteiger charge is 2.15. The van der Waals surface area contributed by atoms with E-state index in [0.29, 0.717) is 5.92 Å². The lowest BCUT2D eigenvalue weighted by molar-refractivity contribution is 0.505. The lowest BCUT2D eigenvalue weighted by atomic mass is 10.0. The summed E-state index contributed by atoms with van der Waals surface area (Å²) in [5.74, 6) is 0.578. The fourth-order valence-corrected chi connectivity index (χ4v) is 1.99. The third-order valence-electron chi connectivity index (χ3n) is 2.73. The van der Waals surface area contributed by atoms with Crippen LogP contribution in [0.2, 0.25) is 0 Å². The summed E-state index contributed by atoms with van der Waals surface area (Å²) in [6.45, 7) is 10.5. The highest BCUT2D eigenvalue weighted by molar-refractivity contribution is 5.18. The smallest absolute Gasteiger partial charge is 0.270 e. The van der Waals surface area contributed by atoms with E-state index in [-0.39, 0.29) is 11.6 Å². The summed E-state index contributed by atoms with van der Waals surface area (Å²) >= 11 is 0. The molecular formula is C13H24N2O. The number of rotatable bonds is 5. The normalized spacial score (nSPS) is 11.7. The summed E-state index contributed by atoms with van der Waals surface area (Å²) in [5, 5.41) is 3.27. The first-order valence-corrected chi connectivity index (χ1v) is 6.29. The van der Waals surface area contributed by atoms with E-state index in [1.165, 1.54) is 0 Å². The number of H-pyrrole nitrogens is 1. The van der Waals surface area contributed by atoms with Crippen molar-refractivity contribution < 1.29 is 0 Å². The second kappa shape index (κ2) is 5.37. The number of nitrogens with zero attached hydrogens (tertiary/aromatic N) is 1.